The average Bonchev–Trinajstić information content (AvgIpc) is 3.30. The van der Waals surface area contributed by atoms with Crippen LogP contribution >= 0.6 is 0 Å². The Labute approximate surface area is 150 Å². The quantitative estimate of drug-likeness (QED) is 0.711. The molecule has 1 saturated heterocycles. The number of aryl methyl sites for hydroxylation is 1. The van der Waals surface area contributed by atoms with Gasteiger partial charge in [0.15, 0.2) is 0 Å². The summed E-state index contributed by atoms with van der Waals surface area (Å²) >= 11 is 0. The number of rotatable bonds is 3. The van der Waals surface area contributed by atoms with Crippen molar-refractivity contribution in [2.24, 2.45) is 0 Å². The molecule has 1 aromatic heterocycles. The zero-order chi connectivity index (χ0) is 18.1. The molecule has 0 aliphatic carbocycles. The summed E-state index contributed by atoms with van der Waals surface area (Å²) in [4.78, 5) is 19.0. The van der Waals surface area contributed by atoms with Gasteiger partial charge in [-0.2, -0.15) is 4.98 Å². The number of halogens is 1. The van der Waals surface area contributed by atoms with Crippen LogP contribution in [-0.4, -0.2) is 27.5 Å². The van der Waals surface area contributed by atoms with Gasteiger partial charge in [-0.05, 0) is 44.0 Å². The lowest BCUT2D eigenvalue weighted by Crippen LogP contribution is -2.30. The minimum absolute atomic E-state index is 0.220. The first-order chi connectivity index (χ1) is 12.6. The van der Waals surface area contributed by atoms with Crippen LogP contribution < -0.4 is 0 Å². The van der Waals surface area contributed by atoms with Crippen LogP contribution in [0.1, 0.15) is 40.7 Å². The third-order valence-corrected chi connectivity index (χ3v) is 4.59. The number of hydrogen-bond acceptors (Lipinski definition) is 4. The molecule has 0 N–H and O–H groups in total. The van der Waals surface area contributed by atoms with Crippen molar-refractivity contribution in [1.29, 1.82) is 0 Å². The molecule has 1 aliphatic heterocycles. The molecular weight excluding hydrogens is 333 g/mol. The fraction of sp³-hybridized carbons (Fsp3) is 0.250. The van der Waals surface area contributed by atoms with Gasteiger partial charge in [0.1, 0.15) is 11.9 Å². The van der Waals surface area contributed by atoms with E-state index in [-0.39, 0.29) is 11.9 Å². The fourth-order valence-electron chi connectivity index (χ4n) is 3.33. The minimum Gasteiger partial charge on any atom is -0.337 e. The number of aromatic nitrogens is 2. The molecule has 0 bridgehead atoms. The van der Waals surface area contributed by atoms with E-state index in [0.717, 1.165) is 24.0 Å². The van der Waals surface area contributed by atoms with Gasteiger partial charge >= 0.3 is 0 Å². The Morgan fingerprint density at radius 3 is 2.88 bits per heavy atom. The van der Waals surface area contributed by atoms with E-state index in [9.17, 15) is 9.18 Å². The molecule has 1 amide bonds. The van der Waals surface area contributed by atoms with Crippen LogP contribution in [0.25, 0.3) is 11.4 Å². The number of carbonyl (C=O) groups excluding carboxylic acids is 1. The van der Waals surface area contributed by atoms with E-state index in [0.29, 0.717) is 23.8 Å². The Kier molecular flexibility index (Phi) is 4.24. The van der Waals surface area contributed by atoms with Gasteiger partial charge in [0.2, 0.25) is 11.7 Å². The molecule has 2 aromatic carbocycles. The van der Waals surface area contributed by atoms with Gasteiger partial charge in [-0.3, -0.25) is 4.79 Å². The summed E-state index contributed by atoms with van der Waals surface area (Å²) in [6.07, 6.45) is 1.59. The second-order valence-electron chi connectivity index (χ2n) is 6.49. The van der Waals surface area contributed by atoms with Crippen molar-refractivity contribution >= 4 is 5.91 Å². The Morgan fingerprint density at radius 1 is 1.23 bits per heavy atom. The van der Waals surface area contributed by atoms with Crippen LogP contribution in [0.3, 0.4) is 0 Å². The van der Waals surface area contributed by atoms with Crippen molar-refractivity contribution in [1.82, 2.24) is 15.0 Å². The molecule has 0 radical (unpaired) electrons. The average molecular weight is 351 g/mol. The summed E-state index contributed by atoms with van der Waals surface area (Å²) in [7, 11) is 0. The lowest BCUT2D eigenvalue weighted by Gasteiger charge is -2.21. The number of amides is 1. The fourth-order valence-corrected chi connectivity index (χ4v) is 3.33. The normalized spacial score (nSPS) is 16.8. The number of likely N-dealkylation sites (tertiary alicyclic amines) is 1. The monoisotopic (exact) mass is 351 g/mol. The first-order valence-electron chi connectivity index (χ1n) is 8.59. The zero-order valence-corrected chi connectivity index (χ0v) is 14.4. The van der Waals surface area contributed by atoms with Crippen molar-refractivity contribution < 1.29 is 13.7 Å². The third-order valence-electron chi connectivity index (χ3n) is 4.59. The second kappa shape index (κ2) is 6.71. The number of benzene rings is 2. The summed E-state index contributed by atoms with van der Waals surface area (Å²) in [5.74, 6) is 0.283. The van der Waals surface area contributed by atoms with Crippen LogP contribution in [0.2, 0.25) is 0 Å². The van der Waals surface area contributed by atoms with Gasteiger partial charge in [0.05, 0.1) is 0 Å². The Bertz CT molecular complexity index is 953. The highest BCUT2D eigenvalue weighted by atomic mass is 19.1. The molecule has 4 rings (SSSR count). The summed E-state index contributed by atoms with van der Waals surface area (Å²) in [6, 6.07) is 13.3. The molecule has 132 valence electrons. The molecule has 5 nitrogen and oxygen atoms in total. The predicted molar refractivity (Wildman–Crippen MR) is 93.9 cm³/mol. The Balaban J connectivity index is 1.60. The Morgan fingerprint density at radius 2 is 2.08 bits per heavy atom. The summed E-state index contributed by atoms with van der Waals surface area (Å²) in [5, 5.41) is 4.07. The van der Waals surface area contributed by atoms with Crippen molar-refractivity contribution in [2.45, 2.75) is 25.8 Å². The van der Waals surface area contributed by atoms with Crippen LogP contribution in [0.15, 0.2) is 53.1 Å². The molecule has 1 fully saturated rings. The smallest absolute Gasteiger partial charge is 0.254 e. The summed E-state index contributed by atoms with van der Waals surface area (Å²) < 4.78 is 18.9. The highest BCUT2D eigenvalue weighted by Gasteiger charge is 2.34. The zero-order valence-electron chi connectivity index (χ0n) is 14.4. The van der Waals surface area contributed by atoms with E-state index in [1.165, 1.54) is 18.2 Å². The molecule has 1 unspecified atom stereocenters. The molecule has 6 heteroatoms. The third kappa shape index (κ3) is 3.10. The van der Waals surface area contributed by atoms with Gasteiger partial charge in [-0.15, -0.1) is 0 Å². The highest BCUT2D eigenvalue weighted by Crippen LogP contribution is 2.33. The maximum Gasteiger partial charge on any atom is 0.254 e. The second-order valence-corrected chi connectivity index (χ2v) is 6.49. The van der Waals surface area contributed by atoms with E-state index >= 15 is 0 Å². The van der Waals surface area contributed by atoms with E-state index in [1.54, 1.807) is 11.0 Å². The van der Waals surface area contributed by atoms with Crippen molar-refractivity contribution in [3.63, 3.8) is 0 Å². The molecular formula is C20H18FN3O2. The summed E-state index contributed by atoms with van der Waals surface area (Å²) in [6.45, 7) is 2.59. The van der Waals surface area contributed by atoms with Gasteiger partial charge in [-0.25, -0.2) is 4.39 Å². The largest absolute Gasteiger partial charge is 0.337 e. The van der Waals surface area contributed by atoms with E-state index in [1.807, 2.05) is 31.2 Å². The predicted octanol–water partition coefficient (Wildman–Crippen LogP) is 4.16. The van der Waals surface area contributed by atoms with Crippen LogP contribution in [0.5, 0.6) is 0 Å². The first kappa shape index (κ1) is 16.4. The maximum atomic E-state index is 13.4. The molecule has 26 heavy (non-hydrogen) atoms. The Hall–Kier alpha value is -3.02. The molecule has 2 heterocycles. The van der Waals surface area contributed by atoms with Gasteiger partial charge in [0.25, 0.3) is 5.91 Å². The first-order valence-corrected chi connectivity index (χ1v) is 8.59. The van der Waals surface area contributed by atoms with E-state index < -0.39 is 5.82 Å². The van der Waals surface area contributed by atoms with Crippen LogP contribution in [-0.2, 0) is 0 Å². The minimum atomic E-state index is -0.425. The summed E-state index contributed by atoms with van der Waals surface area (Å²) in [5.41, 5.74) is 2.31. The lowest BCUT2D eigenvalue weighted by molar-refractivity contribution is 0.0709. The topological polar surface area (TPSA) is 59.2 Å². The van der Waals surface area contributed by atoms with Crippen LogP contribution in [0.4, 0.5) is 4.39 Å². The van der Waals surface area contributed by atoms with Gasteiger partial charge in [-0.1, -0.05) is 35.0 Å². The lowest BCUT2D eigenvalue weighted by atomic mass is 10.1. The van der Waals surface area contributed by atoms with Crippen molar-refractivity contribution in [3.8, 4) is 11.4 Å². The molecule has 0 saturated carbocycles. The highest BCUT2D eigenvalue weighted by molar-refractivity contribution is 5.94. The number of nitrogens with zero attached hydrogens (tertiary/aromatic N) is 3. The van der Waals surface area contributed by atoms with Gasteiger partial charge < -0.3 is 9.42 Å². The SMILES string of the molecule is Cc1cccc(-c2noc(C3CCCN3C(=O)c3cccc(F)c3)n2)c1. The number of carbonyl (C=O) groups is 1. The van der Waals surface area contributed by atoms with Crippen molar-refractivity contribution in [3.05, 3.63) is 71.4 Å². The van der Waals surface area contributed by atoms with Crippen LogP contribution in [0, 0.1) is 12.7 Å². The molecule has 3 aromatic rings. The molecule has 1 aliphatic rings. The number of hydrogen-bond donors (Lipinski definition) is 0. The molecule has 0 spiro atoms. The van der Waals surface area contributed by atoms with Gasteiger partial charge in [0, 0.05) is 17.7 Å². The molecule has 1 atom stereocenters. The van der Waals surface area contributed by atoms with E-state index in [2.05, 4.69) is 10.1 Å². The standard InChI is InChI=1S/C20H18FN3O2/c1-13-5-2-6-14(11-13)18-22-19(26-23-18)17-9-4-10-24(17)20(25)15-7-3-8-16(21)12-15/h2-3,5-8,11-12,17H,4,9-10H2,1H3. The van der Waals surface area contributed by atoms with E-state index in [4.69, 9.17) is 4.52 Å². The maximum absolute atomic E-state index is 13.4. The van der Waals surface area contributed by atoms with Crippen molar-refractivity contribution in [2.75, 3.05) is 6.54 Å².